The van der Waals surface area contributed by atoms with Gasteiger partial charge in [-0.15, -0.1) is 0 Å². The zero-order valence-corrected chi connectivity index (χ0v) is 15.1. The van der Waals surface area contributed by atoms with Crippen LogP contribution in [0.1, 0.15) is 37.7 Å². The molecule has 1 saturated carbocycles. The molecule has 26 heavy (non-hydrogen) atoms. The molecule has 134 valence electrons. The van der Waals surface area contributed by atoms with Gasteiger partial charge in [0.1, 0.15) is 11.5 Å². The first-order valence-electron chi connectivity index (χ1n) is 8.84. The summed E-state index contributed by atoms with van der Waals surface area (Å²) in [6, 6.07) is 17.4. The largest absolute Gasteiger partial charge is 0.512 e. The van der Waals surface area contributed by atoms with Gasteiger partial charge in [0.25, 0.3) is 0 Å². The van der Waals surface area contributed by atoms with E-state index < -0.39 is 0 Å². The minimum absolute atomic E-state index is 0.0447. The zero-order valence-electron chi connectivity index (χ0n) is 15.1. The molecule has 1 fully saturated rings. The predicted octanol–water partition coefficient (Wildman–Crippen LogP) is 5.14. The molecule has 1 aliphatic rings. The molecule has 0 bridgehead atoms. The lowest BCUT2D eigenvalue weighted by molar-refractivity contribution is -0.115. The molecule has 0 heterocycles. The van der Waals surface area contributed by atoms with Crippen LogP contribution >= 0.6 is 0 Å². The van der Waals surface area contributed by atoms with Crippen LogP contribution in [0.15, 0.2) is 70.9 Å². The summed E-state index contributed by atoms with van der Waals surface area (Å²) >= 11 is 0. The predicted molar refractivity (Wildman–Crippen MR) is 103 cm³/mol. The van der Waals surface area contributed by atoms with Crippen molar-refractivity contribution in [2.75, 3.05) is 7.11 Å². The van der Waals surface area contributed by atoms with Crippen molar-refractivity contribution < 1.29 is 14.6 Å². The average molecular weight is 349 g/mol. The lowest BCUT2D eigenvalue weighted by Gasteiger charge is -2.25. The minimum atomic E-state index is -0.0447. The lowest BCUT2D eigenvalue weighted by Crippen LogP contribution is -2.26. The van der Waals surface area contributed by atoms with E-state index in [2.05, 4.69) is 0 Å². The first kappa shape index (κ1) is 17.9. The van der Waals surface area contributed by atoms with Crippen molar-refractivity contribution in [1.82, 2.24) is 0 Å². The molecule has 1 aliphatic carbocycles. The average Bonchev–Trinajstić information content (AvgIpc) is 2.68. The summed E-state index contributed by atoms with van der Waals surface area (Å²) in [5.74, 6) is 0.905. The molecule has 0 aromatic heterocycles. The molecule has 0 saturated heterocycles. The number of aliphatic hydroxyl groups is 1. The zero-order chi connectivity index (χ0) is 18.5. The number of ether oxygens (including phenoxy) is 1. The number of hydrogen-bond acceptors (Lipinski definition) is 4. The fourth-order valence-corrected chi connectivity index (χ4v) is 3.27. The number of nitrogens with zero attached hydrogens (tertiary/aromatic N) is 1. The monoisotopic (exact) mass is 349 g/mol. The molecule has 0 unspecified atom stereocenters. The van der Waals surface area contributed by atoms with E-state index in [0.29, 0.717) is 30.5 Å². The van der Waals surface area contributed by atoms with Crippen molar-refractivity contribution in [1.29, 1.82) is 0 Å². The summed E-state index contributed by atoms with van der Waals surface area (Å²) in [6.45, 7) is 1.84. The maximum atomic E-state index is 12.8. The Bertz CT molecular complexity index is 835. The molecule has 0 amide bonds. The second kappa shape index (κ2) is 8.00. The highest BCUT2D eigenvalue weighted by Gasteiger charge is 2.32. The third-order valence-corrected chi connectivity index (χ3v) is 4.67. The third kappa shape index (κ3) is 3.85. The molecular formula is C22H23NO3. The van der Waals surface area contributed by atoms with Crippen molar-refractivity contribution >= 4 is 17.2 Å². The molecule has 3 rings (SSSR count). The Morgan fingerprint density at radius 1 is 1.12 bits per heavy atom. The number of methoxy groups -OCH3 is 1. The Morgan fingerprint density at radius 2 is 1.81 bits per heavy atom. The summed E-state index contributed by atoms with van der Waals surface area (Å²) in [5, 5.41) is 10.3. The third-order valence-electron chi connectivity index (χ3n) is 4.67. The number of benzene rings is 2. The van der Waals surface area contributed by atoms with Crippen LogP contribution in [0.25, 0.3) is 0 Å². The Hall–Kier alpha value is -2.88. The van der Waals surface area contributed by atoms with Gasteiger partial charge in [-0.25, -0.2) is 0 Å². The second-order valence-corrected chi connectivity index (χ2v) is 6.37. The fraction of sp³-hybridized carbons (Fsp3) is 0.273. The number of carbonyl (C=O) groups excluding carboxylic acids is 1. The van der Waals surface area contributed by atoms with Gasteiger partial charge in [-0.2, -0.15) is 0 Å². The smallest absolute Gasteiger partial charge is 0.168 e. The van der Waals surface area contributed by atoms with E-state index in [9.17, 15) is 9.90 Å². The van der Waals surface area contributed by atoms with Crippen molar-refractivity contribution in [2.45, 2.75) is 32.1 Å². The van der Waals surface area contributed by atoms with Crippen LogP contribution < -0.4 is 4.74 Å². The van der Waals surface area contributed by atoms with E-state index in [1.807, 2.05) is 61.5 Å². The Kier molecular flexibility index (Phi) is 5.52. The number of hydrogen-bond donors (Lipinski definition) is 1. The van der Waals surface area contributed by atoms with Crippen molar-refractivity contribution in [3.63, 3.8) is 0 Å². The first-order chi connectivity index (χ1) is 12.6. The molecule has 4 heteroatoms. The highest BCUT2D eigenvalue weighted by Crippen LogP contribution is 2.34. The van der Waals surface area contributed by atoms with E-state index in [-0.39, 0.29) is 17.5 Å². The van der Waals surface area contributed by atoms with Crippen LogP contribution in [-0.4, -0.2) is 23.7 Å². The Labute approximate surface area is 153 Å². The Morgan fingerprint density at radius 3 is 2.42 bits per heavy atom. The summed E-state index contributed by atoms with van der Waals surface area (Å²) in [7, 11) is 1.62. The minimum Gasteiger partial charge on any atom is -0.512 e. The van der Waals surface area contributed by atoms with Gasteiger partial charge < -0.3 is 9.84 Å². The van der Waals surface area contributed by atoms with E-state index in [1.165, 1.54) is 0 Å². The molecule has 0 radical (unpaired) electrons. The van der Waals surface area contributed by atoms with Crippen LogP contribution in [0.3, 0.4) is 0 Å². The van der Waals surface area contributed by atoms with Crippen molar-refractivity contribution in [3.05, 3.63) is 71.5 Å². The number of rotatable bonds is 4. The highest BCUT2D eigenvalue weighted by molar-refractivity contribution is 6.25. The molecule has 0 spiro atoms. The van der Waals surface area contributed by atoms with Gasteiger partial charge in [0, 0.05) is 12.8 Å². The van der Waals surface area contributed by atoms with Gasteiger partial charge >= 0.3 is 0 Å². The number of ketones is 1. The standard InChI is InChI=1S/C22H23NO3/c1-3-20(24)22-19(23-17-9-11-18(26-2)12-10-17)13-16(14-21(22)25)15-7-5-4-6-8-15/h4-12,16,24H,3,13-14H2,1-2H3/t16-/m0/s1. The topological polar surface area (TPSA) is 58.9 Å². The first-order valence-corrected chi connectivity index (χ1v) is 8.84. The van der Waals surface area contributed by atoms with E-state index >= 15 is 0 Å². The maximum absolute atomic E-state index is 12.8. The molecule has 4 nitrogen and oxygen atoms in total. The maximum Gasteiger partial charge on any atom is 0.168 e. The van der Waals surface area contributed by atoms with Crippen LogP contribution in [0.4, 0.5) is 5.69 Å². The van der Waals surface area contributed by atoms with Crippen molar-refractivity contribution in [3.8, 4) is 5.75 Å². The summed E-state index contributed by atoms with van der Waals surface area (Å²) < 4.78 is 5.18. The number of Topliss-reactive ketones (excluding diaryl/α,β-unsaturated/α-hetero) is 1. The molecular weight excluding hydrogens is 326 g/mol. The van der Waals surface area contributed by atoms with E-state index in [0.717, 1.165) is 17.0 Å². The normalized spacial score (nSPS) is 20.9. The van der Waals surface area contributed by atoms with Crippen LogP contribution in [-0.2, 0) is 4.79 Å². The van der Waals surface area contributed by atoms with Crippen molar-refractivity contribution in [2.24, 2.45) is 4.99 Å². The number of aliphatic imine (C=N–C) groups is 1. The van der Waals surface area contributed by atoms with E-state index in [4.69, 9.17) is 9.73 Å². The quantitative estimate of drug-likeness (QED) is 0.614. The van der Waals surface area contributed by atoms with Gasteiger partial charge in [-0.05, 0) is 42.2 Å². The Balaban J connectivity index is 2.00. The summed E-state index contributed by atoms with van der Waals surface area (Å²) in [4.78, 5) is 17.5. The van der Waals surface area contributed by atoms with Gasteiger partial charge in [0.15, 0.2) is 5.78 Å². The molecule has 1 atom stereocenters. The van der Waals surface area contributed by atoms with Gasteiger partial charge in [-0.3, -0.25) is 9.79 Å². The number of carbonyl (C=O) groups is 1. The molecule has 1 N–H and O–H groups in total. The second-order valence-electron chi connectivity index (χ2n) is 6.37. The number of allylic oxidation sites excluding steroid dienone is 2. The molecule has 2 aromatic carbocycles. The lowest BCUT2D eigenvalue weighted by atomic mass is 9.79. The van der Waals surface area contributed by atoms with E-state index in [1.54, 1.807) is 7.11 Å². The SMILES string of the molecule is CCC(O)=C1C(=O)C[C@@H](c2ccccc2)CC1=Nc1ccc(OC)cc1. The van der Waals surface area contributed by atoms with Crippen LogP contribution in [0, 0.1) is 0 Å². The summed E-state index contributed by atoms with van der Waals surface area (Å²) in [5.41, 5.74) is 2.90. The molecule has 2 aromatic rings. The number of aliphatic hydroxyl groups excluding tert-OH is 1. The summed E-state index contributed by atoms with van der Waals surface area (Å²) in [6.07, 6.45) is 1.44. The van der Waals surface area contributed by atoms with Crippen LogP contribution in [0.5, 0.6) is 5.75 Å². The van der Waals surface area contributed by atoms with Gasteiger partial charge in [0.05, 0.1) is 24.1 Å². The highest BCUT2D eigenvalue weighted by atomic mass is 16.5. The van der Waals surface area contributed by atoms with Gasteiger partial charge in [0.2, 0.25) is 0 Å². The fourth-order valence-electron chi connectivity index (χ4n) is 3.27. The molecule has 0 aliphatic heterocycles. The van der Waals surface area contributed by atoms with Crippen LogP contribution in [0.2, 0.25) is 0 Å². The van der Waals surface area contributed by atoms with Gasteiger partial charge in [-0.1, -0.05) is 37.3 Å².